The van der Waals surface area contributed by atoms with Gasteiger partial charge in [0.15, 0.2) is 0 Å². The number of aryl methyl sites for hydroxylation is 1. The third-order valence-electron chi connectivity index (χ3n) is 5.45. The SMILES string of the molecule is Cc1ccc([C@H]2C[C@@H]3CC[C@H]([C@H]2C(=O)O[11CH3])N3C/C=C/I)cc1. The van der Waals surface area contributed by atoms with Crippen LogP contribution in [0.25, 0.3) is 0 Å². The largest absolute Gasteiger partial charge is 0.469 e. The zero-order valence-electron chi connectivity index (χ0n) is 13.7. The number of nitrogens with zero attached hydrogens (tertiary/aromatic N) is 1. The molecule has 0 spiro atoms. The molecule has 0 aliphatic carbocycles. The van der Waals surface area contributed by atoms with Crippen molar-refractivity contribution < 1.29 is 9.53 Å². The molecule has 3 nitrogen and oxygen atoms in total. The van der Waals surface area contributed by atoms with Crippen LogP contribution in [0, 0.1) is 12.8 Å². The van der Waals surface area contributed by atoms with E-state index < -0.39 is 0 Å². The second kappa shape index (κ2) is 7.34. The number of piperidine rings is 1. The number of carbonyl (C=O) groups is 1. The van der Waals surface area contributed by atoms with Gasteiger partial charge in [-0.05, 0) is 35.8 Å². The summed E-state index contributed by atoms with van der Waals surface area (Å²) in [5.74, 6) is 0.175. The van der Waals surface area contributed by atoms with E-state index in [0.717, 1.165) is 19.4 Å². The minimum Gasteiger partial charge on any atom is -0.469 e. The Kier molecular flexibility index (Phi) is 5.42. The molecule has 2 heterocycles. The van der Waals surface area contributed by atoms with E-state index in [1.54, 1.807) is 0 Å². The number of rotatable bonds is 4. The zero-order valence-corrected chi connectivity index (χ0v) is 15.9. The fraction of sp³-hybridized carbons (Fsp3) is 0.526. The molecule has 2 aliphatic heterocycles. The van der Waals surface area contributed by atoms with Crippen molar-refractivity contribution in [2.24, 2.45) is 5.92 Å². The van der Waals surface area contributed by atoms with E-state index in [-0.39, 0.29) is 17.8 Å². The molecule has 124 valence electrons. The fourth-order valence-electron chi connectivity index (χ4n) is 4.37. The molecule has 2 aliphatic rings. The normalized spacial score (nSPS) is 30.7. The topological polar surface area (TPSA) is 29.5 Å². The summed E-state index contributed by atoms with van der Waals surface area (Å²) in [6.45, 7) is 3.04. The van der Waals surface area contributed by atoms with Crippen LogP contribution in [0.2, 0.25) is 0 Å². The summed E-state index contributed by atoms with van der Waals surface area (Å²) in [5.41, 5.74) is 2.54. The molecule has 0 radical (unpaired) electrons. The first-order chi connectivity index (χ1) is 11.2. The van der Waals surface area contributed by atoms with Crippen LogP contribution in [0.3, 0.4) is 0 Å². The van der Waals surface area contributed by atoms with Gasteiger partial charge in [0.1, 0.15) is 0 Å². The van der Waals surface area contributed by atoms with Crippen molar-refractivity contribution in [2.45, 2.75) is 44.2 Å². The van der Waals surface area contributed by atoms with Crippen molar-refractivity contribution in [3.8, 4) is 0 Å². The lowest BCUT2D eigenvalue weighted by Crippen LogP contribution is -2.50. The summed E-state index contributed by atoms with van der Waals surface area (Å²) in [5, 5.41) is 0. The molecular weight excluding hydrogens is 400 g/mol. The van der Waals surface area contributed by atoms with Crippen LogP contribution in [-0.4, -0.2) is 36.6 Å². The van der Waals surface area contributed by atoms with Crippen LogP contribution in [0.4, 0.5) is 0 Å². The summed E-state index contributed by atoms with van der Waals surface area (Å²) in [7, 11) is 1.52. The summed E-state index contributed by atoms with van der Waals surface area (Å²) in [6.07, 6.45) is 5.53. The highest BCUT2D eigenvalue weighted by Crippen LogP contribution is 2.47. The molecule has 2 bridgehead atoms. The predicted molar refractivity (Wildman–Crippen MR) is 101 cm³/mol. The third kappa shape index (κ3) is 3.33. The van der Waals surface area contributed by atoms with E-state index in [9.17, 15) is 4.79 Å². The Morgan fingerprint density at radius 2 is 2.09 bits per heavy atom. The van der Waals surface area contributed by atoms with Crippen LogP contribution in [0.1, 0.15) is 36.3 Å². The number of esters is 1. The van der Waals surface area contributed by atoms with Crippen molar-refractivity contribution in [3.63, 3.8) is 0 Å². The highest BCUT2D eigenvalue weighted by Gasteiger charge is 2.50. The van der Waals surface area contributed by atoms with Gasteiger partial charge in [0.2, 0.25) is 0 Å². The Morgan fingerprint density at radius 1 is 1.35 bits per heavy atom. The molecule has 2 saturated heterocycles. The standard InChI is InChI=1S/C19H24INO2/c1-13-4-6-14(7-5-13)16-12-15-8-9-17(18(16)19(22)23-2)21(15)11-3-10-20/h3-7,10,15-18H,8-9,11-12H2,1-2H3/b10-3+/t15-,16+,17+,18-/m0/s1/i2-1. The molecule has 0 saturated carbocycles. The number of carbonyl (C=O) groups excluding carboxylic acids is 1. The summed E-state index contributed by atoms with van der Waals surface area (Å²) < 4.78 is 7.25. The van der Waals surface area contributed by atoms with Gasteiger partial charge < -0.3 is 4.74 Å². The molecule has 0 unspecified atom stereocenters. The van der Waals surface area contributed by atoms with E-state index in [0.29, 0.717) is 12.1 Å². The number of hydrogen-bond acceptors (Lipinski definition) is 3. The van der Waals surface area contributed by atoms with Gasteiger partial charge in [0.05, 0.1) is 13.0 Å². The lowest BCUT2D eigenvalue weighted by atomic mass is 9.75. The first-order valence-electron chi connectivity index (χ1n) is 8.31. The minimum atomic E-state index is -0.0518. The van der Waals surface area contributed by atoms with Crippen molar-refractivity contribution >= 4 is 28.6 Å². The monoisotopic (exact) mass is 424 g/mol. The van der Waals surface area contributed by atoms with Gasteiger partial charge >= 0.3 is 5.97 Å². The molecule has 4 atom stereocenters. The fourth-order valence-corrected chi connectivity index (χ4v) is 4.60. The van der Waals surface area contributed by atoms with Crippen molar-refractivity contribution in [1.82, 2.24) is 4.90 Å². The first-order valence-corrected chi connectivity index (χ1v) is 9.55. The minimum absolute atomic E-state index is 0.0515. The van der Waals surface area contributed by atoms with Crippen molar-refractivity contribution in [3.05, 3.63) is 45.6 Å². The molecule has 0 aromatic heterocycles. The van der Waals surface area contributed by atoms with Crippen LogP contribution >= 0.6 is 22.6 Å². The van der Waals surface area contributed by atoms with E-state index in [2.05, 4.69) is 68.8 Å². The molecule has 23 heavy (non-hydrogen) atoms. The van der Waals surface area contributed by atoms with Crippen LogP contribution in [0.5, 0.6) is 0 Å². The van der Waals surface area contributed by atoms with E-state index in [1.807, 2.05) is 0 Å². The highest BCUT2D eigenvalue weighted by molar-refractivity contribution is 14.1. The maximum atomic E-state index is 12.6. The highest BCUT2D eigenvalue weighted by atomic mass is 127. The summed E-state index contributed by atoms with van der Waals surface area (Å²) in [6, 6.07) is 9.57. The van der Waals surface area contributed by atoms with Crippen molar-refractivity contribution in [2.75, 3.05) is 13.7 Å². The van der Waals surface area contributed by atoms with Gasteiger partial charge in [-0.1, -0.05) is 58.5 Å². The Morgan fingerprint density at radius 3 is 2.74 bits per heavy atom. The predicted octanol–water partition coefficient (Wildman–Crippen LogP) is 4.05. The Labute approximate surface area is 152 Å². The second-order valence-corrected chi connectivity index (χ2v) is 7.38. The number of fused-ring (bicyclic) bond motifs is 2. The first kappa shape index (κ1) is 17.0. The maximum Gasteiger partial charge on any atom is 0.310 e. The van der Waals surface area contributed by atoms with Gasteiger partial charge in [-0.3, -0.25) is 9.69 Å². The van der Waals surface area contributed by atoms with E-state index in [4.69, 9.17) is 4.74 Å². The zero-order chi connectivity index (χ0) is 16.4. The number of methoxy groups -OCH3 is 1. The van der Waals surface area contributed by atoms with Crippen LogP contribution in [0.15, 0.2) is 34.4 Å². The molecule has 4 heteroatoms. The van der Waals surface area contributed by atoms with Gasteiger partial charge in [-0.2, -0.15) is 0 Å². The Balaban J connectivity index is 1.91. The number of halogens is 1. The van der Waals surface area contributed by atoms with E-state index in [1.165, 1.54) is 24.7 Å². The molecule has 0 amide bonds. The average molecular weight is 424 g/mol. The Hall–Kier alpha value is -0.880. The molecular formula is C19H24INO2. The smallest absolute Gasteiger partial charge is 0.310 e. The summed E-state index contributed by atoms with van der Waals surface area (Å²) in [4.78, 5) is 15.1. The maximum absolute atomic E-state index is 12.6. The van der Waals surface area contributed by atoms with Crippen LogP contribution in [-0.2, 0) is 9.53 Å². The van der Waals surface area contributed by atoms with Crippen molar-refractivity contribution in [1.29, 1.82) is 0 Å². The number of ether oxygens (including phenoxy) is 1. The lowest BCUT2D eigenvalue weighted by molar-refractivity contribution is -0.150. The average Bonchev–Trinajstić information content (AvgIpc) is 2.84. The van der Waals surface area contributed by atoms with Gasteiger partial charge in [-0.15, -0.1) is 0 Å². The second-order valence-electron chi connectivity index (χ2n) is 6.66. The quantitative estimate of drug-likeness (QED) is 0.540. The molecule has 3 rings (SSSR count). The number of benzene rings is 1. The molecule has 1 aromatic rings. The lowest BCUT2D eigenvalue weighted by Gasteiger charge is -2.43. The Bertz CT molecular complexity index is 584. The van der Waals surface area contributed by atoms with Crippen LogP contribution < -0.4 is 0 Å². The molecule has 2 fully saturated rings. The van der Waals surface area contributed by atoms with E-state index >= 15 is 0 Å². The van der Waals surface area contributed by atoms with Gasteiger partial charge in [0, 0.05) is 24.5 Å². The third-order valence-corrected chi connectivity index (χ3v) is 5.96. The molecule has 1 aromatic carbocycles. The molecule has 0 N–H and O–H groups in total. The number of hydrogen-bond donors (Lipinski definition) is 0. The van der Waals surface area contributed by atoms with Gasteiger partial charge in [-0.25, -0.2) is 0 Å². The summed E-state index contributed by atoms with van der Waals surface area (Å²) >= 11 is 2.26. The van der Waals surface area contributed by atoms with Gasteiger partial charge in [0.25, 0.3) is 0 Å².